The van der Waals surface area contributed by atoms with Crippen LogP contribution in [0.25, 0.3) is 5.57 Å². The summed E-state index contributed by atoms with van der Waals surface area (Å²) in [4.78, 5) is 22.4. The molecule has 0 N–H and O–H groups in total. The van der Waals surface area contributed by atoms with Crippen LogP contribution >= 0.6 is 0 Å². The first-order valence-electron chi connectivity index (χ1n) is 13.0. The molecular weight excluding hydrogens is 454 g/mol. The fraction of sp³-hybridized carbons (Fsp3) is 0.433. The third kappa shape index (κ3) is 11.3. The lowest BCUT2D eigenvalue weighted by Crippen LogP contribution is -2.03. The van der Waals surface area contributed by atoms with Crippen molar-refractivity contribution < 1.29 is 19.2 Å². The number of nitrogens with zero attached hydrogens (tertiary/aromatic N) is 1. The molecule has 0 radical (unpaired) electrons. The molecule has 2 rings (SSSR count). The van der Waals surface area contributed by atoms with Crippen LogP contribution in [0.2, 0.25) is 0 Å². The van der Waals surface area contributed by atoms with Crippen molar-refractivity contribution in [1.29, 1.82) is 0 Å². The molecule has 0 bridgehead atoms. The van der Waals surface area contributed by atoms with Crippen molar-refractivity contribution in [3.8, 4) is 11.5 Å². The Morgan fingerprint density at radius 2 is 1.39 bits per heavy atom. The number of esters is 1. The first-order chi connectivity index (χ1) is 17.5. The average Bonchev–Trinajstić information content (AvgIpc) is 2.89. The van der Waals surface area contributed by atoms with E-state index in [2.05, 4.69) is 6.92 Å². The highest BCUT2D eigenvalue weighted by Crippen LogP contribution is 2.24. The van der Waals surface area contributed by atoms with Crippen molar-refractivity contribution in [2.24, 2.45) is 0 Å². The number of carbonyl (C=O) groups excluding carboxylic acids is 1. The first kappa shape index (κ1) is 28.8. The summed E-state index contributed by atoms with van der Waals surface area (Å²) in [6.07, 6.45) is 18.8. The third-order valence-corrected chi connectivity index (χ3v) is 6.06. The van der Waals surface area contributed by atoms with Crippen molar-refractivity contribution >= 4 is 17.2 Å². The zero-order valence-electron chi connectivity index (χ0n) is 21.6. The Labute approximate surface area is 215 Å². The number of unbranched alkanes of at least 4 members (excludes halogenated alkanes) is 9. The molecular formula is C30H39NO5. The van der Waals surface area contributed by atoms with E-state index in [1.165, 1.54) is 88.1 Å². The molecule has 0 spiro atoms. The molecule has 0 amide bonds. The van der Waals surface area contributed by atoms with Gasteiger partial charge in [0.05, 0.1) is 12.0 Å². The van der Waals surface area contributed by atoms with Gasteiger partial charge in [0.15, 0.2) is 0 Å². The van der Waals surface area contributed by atoms with Gasteiger partial charge < -0.3 is 9.47 Å². The predicted octanol–water partition coefficient (Wildman–Crippen LogP) is 8.46. The number of nitro benzene ring substituents is 1. The number of allylic oxidation sites excluding steroid dienone is 3. The van der Waals surface area contributed by atoms with Gasteiger partial charge in [-0.1, -0.05) is 89.0 Å². The lowest BCUT2D eigenvalue weighted by molar-refractivity contribution is -0.384. The maximum atomic E-state index is 12.2. The Kier molecular flexibility index (Phi) is 13.7. The van der Waals surface area contributed by atoms with Crippen molar-refractivity contribution in [1.82, 2.24) is 0 Å². The number of benzene rings is 2. The van der Waals surface area contributed by atoms with Crippen molar-refractivity contribution in [2.75, 3.05) is 7.11 Å². The van der Waals surface area contributed by atoms with Crippen LogP contribution in [-0.4, -0.2) is 18.0 Å². The fourth-order valence-corrected chi connectivity index (χ4v) is 3.96. The highest BCUT2D eigenvalue weighted by atomic mass is 16.6. The quantitative estimate of drug-likeness (QED) is 0.0420. The van der Waals surface area contributed by atoms with Crippen LogP contribution in [0.3, 0.4) is 0 Å². The number of hydrogen-bond donors (Lipinski definition) is 0. The Balaban J connectivity index is 1.88. The van der Waals surface area contributed by atoms with Crippen molar-refractivity contribution in [3.63, 3.8) is 0 Å². The van der Waals surface area contributed by atoms with Crippen LogP contribution in [0.5, 0.6) is 11.5 Å². The Bertz CT molecular complexity index is 977. The van der Waals surface area contributed by atoms with Crippen LogP contribution in [0.15, 0.2) is 66.8 Å². The molecule has 0 unspecified atom stereocenters. The van der Waals surface area contributed by atoms with Gasteiger partial charge >= 0.3 is 5.97 Å². The van der Waals surface area contributed by atoms with E-state index in [0.29, 0.717) is 0 Å². The smallest absolute Gasteiger partial charge is 0.336 e. The topological polar surface area (TPSA) is 78.7 Å². The number of hydrogen-bond acceptors (Lipinski definition) is 5. The molecule has 6 heteroatoms. The Morgan fingerprint density at radius 3 is 1.94 bits per heavy atom. The maximum absolute atomic E-state index is 12.2. The molecule has 2 aromatic rings. The molecule has 194 valence electrons. The number of nitro groups is 1. The lowest BCUT2D eigenvalue weighted by atomic mass is 9.98. The Hall–Kier alpha value is -3.41. The van der Waals surface area contributed by atoms with Crippen LogP contribution in [0.4, 0.5) is 5.69 Å². The number of methoxy groups -OCH3 is 1. The summed E-state index contributed by atoms with van der Waals surface area (Å²) in [6, 6.07) is 13.4. The summed E-state index contributed by atoms with van der Waals surface area (Å²) < 4.78 is 10.5. The summed E-state index contributed by atoms with van der Waals surface area (Å²) in [5.74, 6) is 0.535. The molecule has 0 aliphatic heterocycles. The van der Waals surface area contributed by atoms with E-state index < -0.39 is 10.9 Å². The van der Waals surface area contributed by atoms with Crippen LogP contribution in [-0.2, 0) is 4.79 Å². The molecule has 0 saturated heterocycles. The van der Waals surface area contributed by atoms with Gasteiger partial charge in [-0.2, -0.15) is 0 Å². The zero-order valence-corrected chi connectivity index (χ0v) is 21.6. The van der Waals surface area contributed by atoms with Gasteiger partial charge in [0.2, 0.25) is 0 Å². The predicted molar refractivity (Wildman–Crippen MR) is 145 cm³/mol. The van der Waals surface area contributed by atoms with E-state index >= 15 is 0 Å². The van der Waals surface area contributed by atoms with E-state index in [1.54, 1.807) is 13.2 Å². The summed E-state index contributed by atoms with van der Waals surface area (Å²) in [5.41, 5.74) is 2.20. The van der Waals surface area contributed by atoms with E-state index in [9.17, 15) is 14.9 Å². The SMILES string of the molecule is CCCCCCCCCCCCC(=CC=CC(=O)Oc1ccc([N+](=O)[O-])cc1)c1ccc(OC)cc1. The summed E-state index contributed by atoms with van der Waals surface area (Å²) in [5, 5.41) is 10.8. The van der Waals surface area contributed by atoms with Gasteiger partial charge in [-0.15, -0.1) is 0 Å². The molecule has 0 fully saturated rings. The zero-order chi connectivity index (χ0) is 26.0. The molecule has 2 aromatic carbocycles. The van der Waals surface area contributed by atoms with E-state index in [4.69, 9.17) is 9.47 Å². The standard InChI is InChI=1S/C30H39NO5/c1-3-4-5-6-7-8-9-10-11-12-14-25(26-17-21-28(35-2)22-18-26)15-13-16-30(32)36-29-23-19-27(20-24-29)31(33)34/h13,15-24H,3-12,14H2,1-2H3. The lowest BCUT2D eigenvalue weighted by Gasteiger charge is -2.09. The average molecular weight is 494 g/mol. The van der Waals surface area contributed by atoms with Crippen molar-refractivity contribution in [3.05, 3.63) is 82.4 Å². The second-order valence-electron chi connectivity index (χ2n) is 8.88. The number of non-ortho nitro benzene ring substituents is 1. The minimum atomic E-state index is -0.534. The number of rotatable bonds is 17. The maximum Gasteiger partial charge on any atom is 0.336 e. The molecule has 0 aliphatic rings. The van der Waals surface area contributed by atoms with Crippen molar-refractivity contribution in [2.45, 2.75) is 77.6 Å². The third-order valence-electron chi connectivity index (χ3n) is 6.06. The highest BCUT2D eigenvalue weighted by Gasteiger charge is 2.07. The molecule has 0 aromatic heterocycles. The van der Waals surface area contributed by atoms with Crippen LogP contribution in [0, 0.1) is 10.1 Å². The van der Waals surface area contributed by atoms with Gasteiger partial charge in [0, 0.05) is 18.2 Å². The first-order valence-corrected chi connectivity index (χ1v) is 13.0. The van der Waals surface area contributed by atoms with Gasteiger partial charge in [-0.3, -0.25) is 10.1 Å². The fourth-order valence-electron chi connectivity index (χ4n) is 3.96. The van der Waals surface area contributed by atoms with Gasteiger partial charge in [-0.25, -0.2) is 4.79 Å². The molecule has 0 saturated carbocycles. The van der Waals surface area contributed by atoms with E-state index in [0.717, 1.165) is 29.7 Å². The monoisotopic (exact) mass is 493 g/mol. The summed E-state index contributed by atoms with van der Waals surface area (Å²) in [6.45, 7) is 2.25. The Morgan fingerprint density at radius 1 is 0.833 bits per heavy atom. The minimum Gasteiger partial charge on any atom is -0.497 e. The normalized spacial score (nSPS) is 11.6. The van der Waals surface area contributed by atoms with Crippen LogP contribution < -0.4 is 9.47 Å². The molecule has 6 nitrogen and oxygen atoms in total. The summed E-state index contributed by atoms with van der Waals surface area (Å²) in [7, 11) is 1.65. The van der Waals surface area contributed by atoms with E-state index in [-0.39, 0.29) is 11.4 Å². The van der Waals surface area contributed by atoms with Gasteiger partial charge in [-0.05, 0) is 48.2 Å². The summed E-state index contributed by atoms with van der Waals surface area (Å²) >= 11 is 0. The highest BCUT2D eigenvalue weighted by molar-refractivity contribution is 5.85. The van der Waals surface area contributed by atoms with Gasteiger partial charge in [0.1, 0.15) is 11.5 Å². The number of ether oxygens (including phenoxy) is 2. The molecule has 0 heterocycles. The second-order valence-corrected chi connectivity index (χ2v) is 8.88. The molecule has 0 atom stereocenters. The van der Waals surface area contributed by atoms with Crippen LogP contribution in [0.1, 0.15) is 83.1 Å². The largest absolute Gasteiger partial charge is 0.497 e. The molecule has 36 heavy (non-hydrogen) atoms. The second kappa shape index (κ2) is 17.1. The van der Waals surface area contributed by atoms with Gasteiger partial charge in [0.25, 0.3) is 5.69 Å². The molecule has 0 aliphatic carbocycles. The minimum absolute atomic E-state index is 0.0515. The number of carbonyl (C=O) groups is 1. The van der Waals surface area contributed by atoms with E-state index in [1.807, 2.05) is 30.3 Å².